The molecule has 17 heavy (non-hydrogen) atoms. The van der Waals surface area contributed by atoms with E-state index in [1.165, 1.54) is 6.07 Å². The Hall–Kier alpha value is -2.34. The van der Waals surface area contributed by atoms with Crippen LogP contribution in [0.15, 0.2) is 12.1 Å². The van der Waals surface area contributed by atoms with Crippen LogP contribution in [0.25, 0.3) is 0 Å². The summed E-state index contributed by atoms with van der Waals surface area (Å²) in [6.07, 6.45) is -4.67. The molecule has 0 atom stereocenters. The molecule has 1 aromatic rings. The van der Waals surface area contributed by atoms with Crippen molar-refractivity contribution in [2.45, 2.75) is 12.6 Å². The highest BCUT2D eigenvalue weighted by atomic mass is 19.4. The first-order valence-corrected chi connectivity index (χ1v) is 4.40. The molecule has 0 aliphatic rings. The highest BCUT2D eigenvalue weighted by Crippen LogP contribution is 2.33. The zero-order chi connectivity index (χ0) is 13.1. The highest BCUT2D eigenvalue weighted by molar-refractivity contribution is 5.79. The Bertz CT molecular complexity index is 535. The lowest BCUT2D eigenvalue weighted by Gasteiger charge is -2.11. The summed E-state index contributed by atoms with van der Waals surface area (Å²) in [5, 5.41) is 17.0. The van der Waals surface area contributed by atoms with Gasteiger partial charge in [0.15, 0.2) is 0 Å². The van der Waals surface area contributed by atoms with Crippen LogP contribution in [0.5, 0.6) is 0 Å². The van der Waals surface area contributed by atoms with Crippen LogP contribution in [0.3, 0.4) is 0 Å². The first-order valence-electron chi connectivity index (χ1n) is 4.40. The Morgan fingerprint density at radius 1 is 1.29 bits per heavy atom. The molecule has 3 nitrogen and oxygen atoms in total. The number of carbonyl (C=O) groups excluding carboxylic acids is 1. The summed E-state index contributed by atoms with van der Waals surface area (Å²) in [4.78, 5) is 10.6. The fourth-order valence-electron chi connectivity index (χ4n) is 1.34. The van der Waals surface area contributed by atoms with Crippen LogP contribution in [0.4, 0.5) is 13.2 Å². The van der Waals surface area contributed by atoms with Crippen LogP contribution in [-0.2, 0) is 12.6 Å². The second-order valence-electron chi connectivity index (χ2n) is 3.16. The SMILES string of the molecule is N#CCc1cc(C(F)(F)F)c(C#N)cc1C=O. The number of nitriles is 2. The molecule has 1 aromatic carbocycles. The van der Waals surface area contributed by atoms with E-state index in [0.717, 1.165) is 6.07 Å². The van der Waals surface area contributed by atoms with Gasteiger partial charge in [0.1, 0.15) is 6.29 Å². The van der Waals surface area contributed by atoms with E-state index in [9.17, 15) is 18.0 Å². The van der Waals surface area contributed by atoms with Gasteiger partial charge in [-0.1, -0.05) is 0 Å². The van der Waals surface area contributed by atoms with Crippen molar-refractivity contribution in [3.63, 3.8) is 0 Å². The van der Waals surface area contributed by atoms with Gasteiger partial charge in [0.25, 0.3) is 0 Å². The van der Waals surface area contributed by atoms with Crippen molar-refractivity contribution in [3.8, 4) is 12.1 Å². The van der Waals surface area contributed by atoms with Gasteiger partial charge < -0.3 is 0 Å². The summed E-state index contributed by atoms with van der Waals surface area (Å²) in [6.45, 7) is 0. The fraction of sp³-hybridized carbons (Fsp3) is 0.182. The highest BCUT2D eigenvalue weighted by Gasteiger charge is 2.34. The molecular weight excluding hydrogens is 233 g/mol. The molecule has 0 unspecified atom stereocenters. The molecule has 0 amide bonds. The second-order valence-corrected chi connectivity index (χ2v) is 3.16. The molecule has 0 fully saturated rings. The number of halogens is 3. The van der Waals surface area contributed by atoms with Gasteiger partial charge in [-0.25, -0.2) is 0 Å². The first kappa shape index (κ1) is 12.7. The molecule has 0 heterocycles. The minimum absolute atomic E-state index is 0.0335. The van der Waals surface area contributed by atoms with Crippen molar-refractivity contribution < 1.29 is 18.0 Å². The number of rotatable bonds is 2. The van der Waals surface area contributed by atoms with Gasteiger partial charge in [0, 0.05) is 5.56 Å². The third-order valence-electron chi connectivity index (χ3n) is 2.10. The Morgan fingerprint density at radius 2 is 1.94 bits per heavy atom. The number of hydrogen-bond acceptors (Lipinski definition) is 3. The van der Waals surface area contributed by atoms with Gasteiger partial charge in [-0.15, -0.1) is 0 Å². The van der Waals surface area contributed by atoms with Gasteiger partial charge in [-0.3, -0.25) is 4.79 Å². The average molecular weight is 238 g/mol. The van der Waals surface area contributed by atoms with Crippen LogP contribution in [-0.4, -0.2) is 6.29 Å². The lowest BCUT2D eigenvalue weighted by atomic mass is 9.97. The van der Waals surface area contributed by atoms with Gasteiger partial charge in [0.2, 0.25) is 0 Å². The van der Waals surface area contributed by atoms with E-state index in [4.69, 9.17) is 10.5 Å². The third kappa shape index (κ3) is 2.61. The largest absolute Gasteiger partial charge is 0.417 e. The molecule has 0 N–H and O–H groups in total. The quantitative estimate of drug-likeness (QED) is 0.743. The number of nitrogens with zero attached hydrogens (tertiary/aromatic N) is 2. The normalized spacial score (nSPS) is 10.4. The Labute approximate surface area is 94.7 Å². The Balaban J connectivity index is 3.52. The molecule has 0 bridgehead atoms. The number of alkyl halides is 3. The van der Waals surface area contributed by atoms with Crippen molar-refractivity contribution in [1.29, 1.82) is 10.5 Å². The number of aldehydes is 1. The monoisotopic (exact) mass is 238 g/mol. The zero-order valence-electron chi connectivity index (χ0n) is 8.38. The maximum atomic E-state index is 12.6. The van der Waals surface area contributed by atoms with Crippen LogP contribution in [0.2, 0.25) is 0 Å². The number of carbonyl (C=O) groups is 1. The standard InChI is InChI=1S/C11H5F3N2O/c12-11(13,14)10-4-7(1-2-15)9(6-17)3-8(10)5-16/h3-4,6H,1H2. The lowest BCUT2D eigenvalue weighted by molar-refractivity contribution is -0.137. The minimum atomic E-state index is -4.68. The lowest BCUT2D eigenvalue weighted by Crippen LogP contribution is -2.10. The summed E-state index contributed by atoms with van der Waals surface area (Å²) < 4.78 is 37.7. The minimum Gasteiger partial charge on any atom is -0.298 e. The van der Waals surface area contributed by atoms with Crippen molar-refractivity contribution in [3.05, 3.63) is 34.4 Å². The third-order valence-corrected chi connectivity index (χ3v) is 2.10. The molecule has 0 saturated heterocycles. The van der Waals surface area contributed by atoms with Crippen molar-refractivity contribution in [2.24, 2.45) is 0 Å². The maximum absolute atomic E-state index is 12.6. The van der Waals surface area contributed by atoms with Gasteiger partial charge in [-0.2, -0.15) is 23.7 Å². The van der Waals surface area contributed by atoms with Crippen LogP contribution < -0.4 is 0 Å². The summed E-state index contributed by atoms with van der Waals surface area (Å²) in [5.41, 5.74) is -1.86. The van der Waals surface area contributed by atoms with Crippen molar-refractivity contribution >= 4 is 6.29 Å². The van der Waals surface area contributed by atoms with E-state index < -0.39 is 17.3 Å². The molecular formula is C11H5F3N2O. The van der Waals surface area contributed by atoms with Crippen LogP contribution >= 0.6 is 0 Å². The Morgan fingerprint density at radius 3 is 2.35 bits per heavy atom. The van der Waals surface area contributed by atoms with E-state index in [0.29, 0.717) is 12.4 Å². The van der Waals surface area contributed by atoms with Crippen LogP contribution in [0, 0.1) is 22.7 Å². The van der Waals surface area contributed by atoms with E-state index in [1.807, 2.05) is 0 Å². The predicted molar refractivity (Wildman–Crippen MR) is 50.9 cm³/mol. The molecule has 0 aromatic heterocycles. The topological polar surface area (TPSA) is 64.7 Å². The van der Waals surface area contributed by atoms with Gasteiger partial charge >= 0.3 is 6.18 Å². The molecule has 0 saturated carbocycles. The summed E-state index contributed by atoms with van der Waals surface area (Å²) in [6, 6.07) is 4.57. The summed E-state index contributed by atoms with van der Waals surface area (Å²) in [5.74, 6) is 0. The molecule has 0 aliphatic heterocycles. The zero-order valence-corrected chi connectivity index (χ0v) is 8.38. The fourth-order valence-corrected chi connectivity index (χ4v) is 1.34. The van der Waals surface area contributed by atoms with E-state index in [-0.39, 0.29) is 17.5 Å². The van der Waals surface area contributed by atoms with E-state index in [2.05, 4.69) is 0 Å². The average Bonchev–Trinajstić information content (AvgIpc) is 2.27. The molecule has 0 spiro atoms. The summed E-state index contributed by atoms with van der Waals surface area (Å²) in [7, 11) is 0. The van der Waals surface area contributed by atoms with Crippen LogP contribution in [0.1, 0.15) is 27.0 Å². The number of hydrogen-bond donors (Lipinski definition) is 0. The molecule has 0 aliphatic carbocycles. The van der Waals surface area contributed by atoms with Gasteiger partial charge in [-0.05, 0) is 17.7 Å². The molecule has 6 heteroatoms. The first-order chi connectivity index (χ1) is 7.93. The molecule has 1 rings (SSSR count). The number of benzene rings is 1. The van der Waals surface area contributed by atoms with Crippen molar-refractivity contribution in [2.75, 3.05) is 0 Å². The predicted octanol–water partition coefficient (Wildman–Crippen LogP) is 2.46. The van der Waals surface area contributed by atoms with Gasteiger partial charge in [0.05, 0.1) is 29.7 Å². The molecule has 0 radical (unpaired) electrons. The summed E-state index contributed by atoms with van der Waals surface area (Å²) >= 11 is 0. The Kier molecular flexibility index (Phi) is 3.49. The second kappa shape index (κ2) is 4.67. The van der Waals surface area contributed by atoms with E-state index >= 15 is 0 Å². The van der Waals surface area contributed by atoms with Crippen molar-refractivity contribution in [1.82, 2.24) is 0 Å². The maximum Gasteiger partial charge on any atom is 0.417 e. The van der Waals surface area contributed by atoms with E-state index in [1.54, 1.807) is 6.07 Å². The smallest absolute Gasteiger partial charge is 0.298 e. The molecule has 86 valence electrons.